The monoisotopic (exact) mass is 245 g/mol. The standard InChI is InChI=1S/C13H12FN3O/c1-17-6-5-16-13(17)10(8-15)9-3-4-12(18-2)11(14)7-9/h3-7,10H,1-2H3. The maximum Gasteiger partial charge on any atom is 0.165 e. The highest BCUT2D eigenvalue weighted by Crippen LogP contribution is 2.26. The summed E-state index contributed by atoms with van der Waals surface area (Å²) in [5.74, 6) is -0.327. The summed E-state index contributed by atoms with van der Waals surface area (Å²) >= 11 is 0. The van der Waals surface area contributed by atoms with Crippen LogP contribution in [0.4, 0.5) is 4.39 Å². The van der Waals surface area contributed by atoms with Gasteiger partial charge in [-0.25, -0.2) is 9.37 Å². The first kappa shape index (κ1) is 12.1. The Labute approximate surface area is 104 Å². The Morgan fingerprint density at radius 2 is 2.28 bits per heavy atom. The molecule has 0 aliphatic heterocycles. The fourth-order valence-corrected chi connectivity index (χ4v) is 1.80. The molecule has 1 aromatic carbocycles. The molecule has 92 valence electrons. The minimum absolute atomic E-state index is 0.162. The van der Waals surface area contributed by atoms with Crippen molar-refractivity contribution < 1.29 is 9.13 Å². The van der Waals surface area contributed by atoms with E-state index in [2.05, 4.69) is 11.1 Å². The Kier molecular flexibility index (Phi) is 3.28. The quantitative estimate of drug-likeness (QED) is 0.833. The second-order valence-electron chi connectivity index (χ2n) is 3.85. The van der Waals surface area contributed by atoms with Crippen LogP contribution in [0.5, 0.6) is 5.75 Å². The van der Waals surface area contributed by atoms with Crippen molar-refractivity contribution in [3.63, 3.8) is 0 Å². The lowest BCUT2D eigenvalue weighted by Gasteiger charge is -2.10. The molecule has 1 unspecified atom stereocenters. The highest BCUT2D eigenvalue weighted by molar-refractivity contribution is 5.37. The second kappa shape index (κ2) is 4.88. The number of nitrogens with zero attached hydrogens (tertiary/aromatic N) is 3. The number of benzene rings is 1. The third-order valence-corrected chi connectivity index (χ3v) is 2.75. The number of halogens is 1. The topological polar surface area (TPSA) is 50.8 Å². The minimum Gasteiger partial charge on any atom is -0.494 e. The summed E-state index contributed by atoms with van der Waals surface area (Å²) < 4.78 is 20.2. The second-order valence-corrected chi connectivity index (χ2v) is 3.85. The average Bonchev–Trinajstić information content (AvgIpc) is 2.77. The number of aromatic nitrogens is 2. The molecule has 0 N–H and O–H groups in total. The lowest BCUT2D eigenvalue weighted by molar-refractivity contribution is 0.386. The van der Waals surface area contributed by atoms with Crippen LogP contribution in [0.15, 0.2) is 30.6 Å². The van der Waals surface area contributed by atoms with Gasteiger partial charge in [0.05, 0.1) is 13.2 Å². The Morgan fingerprint density at radius 1 is 1.50 bits per heavy atom. The van der Waals surface area contributed by atoms with Gasteiger partial charge >= 0.3 is 0 Å². The van der Waals surface area contributed by atoms with Crippen LogP contribution in [-0.2, 0) is 7.05 Å². The SMILES string of the molecule is COc1ccc(C(C#N)c2nccn2C)cc1F. The van der Waals surface area contributed by atoms with Gasteiger partial charge in [0.2, 0.25) is 0 Å². The molecule has 0 bridgehead atoms. The number of methoxy groups -OCH3 is 1. The number of aryl methyl sites for hydroxylation is 1. The molecule has 2 aromatic rings. The van der Waals surface area contributed by atoms with E-state index in [0.29, 0.717) is 11.4 Å². The normalized spacial score (nSPS) is 11.9. The van der Waals surface area contributed by atoms with E-state index < -0.39 is 11.7 Å². The molecule has 0 spiro atoms. The summed E-state index contributed by atoms with van der Waals surface area (Å²) in [5, 5.41) is 9.24. The smallest absolute Gasteiger partial charge is 0.165 e. The van der Waals surface area contributed by atoms with Crippen molar-refractivity contribution in [1.29, 1.82) is 5.26 Å². The van der Waals surface area contributed by atoms with Crippen LogP contribution in [0.25, 0.3) is 0 Å². The van der Waals surface area contributed by atoms with Gasteiger partial charge in [-0.1, -0.05) is 6.07 Å². The van der Waals surface area contributed by atoms with E-state index in [4.69, 9.17) is 4.74 Å². The van der Waals surface area contributed by atoms with Crippen LogP contribution in [0.3, 0.4) is 0 Å². The van der Waals surface area contributed by atoms with E-state index in [1.807, 2.05) is 0 Å². The Bertz CT molecular complexity index is 601. The van der Waals surface area contributed by atoms with E-state index >= 15 is 0 Å². The lowest BCUT2D eigenvalue weighted by Crippen LogP contribution is -2.06. The molecule has 1 aromatic heterocycles. The minimum atomic E-state index is -0.592. The Morgan fingerprint density at radius 3 is 2.78 bits per heavy atom. The summed E-state index contributed by atoms with van der Waals surface area (Å²) in [4.78, 5) is 4.12. The van der Waals surface area contributed by atoms with Crippen LogP contribution in [0.1, 0.15) is 17.3 Å². The number of imidazole rings is 1. The molecule has 2 rings (SSSR count). The van der Waals surface area contributed by atoms with Crippen LogP contribution < -0.4 is 4.74 Å². The molecule has 1 heterocycles. The number of hydrogen-bond acceptors (Lipinski definition) is 3. The van der Waals surface area contributed by atoms with Crippen molar-refractivity contribution in [2.75, 3.05) is 7.11 Å². The van der Waals surface area contributed by atoms with E-state index in [1.165, 1.54) is 19.2 Å². The summed E-state index contributed by atoms with van der Waals surface area (Å²) in [6.45, 7) is 0. The molecule has 0 aliphatic rings. The molecular weight excluding hydrogens is 233 g/mol. The summed E-state index contributed by atoms with van der Waals surface area (Å²) in [6, 6.07) is 6.63. The maximum absolute atomic E-state index is 13.6. The first-order valence-corrected chi connectivity index (χ1v) is 5.37. The molecule has 4 nitrogen and oxygen atoms in total. The first-order valence-electron chi connectivity index (χ1n) is 5.37. The van der Waals surface area contributed by atoms with E-state index in [-0.39, 0.29) is 5.75 Å². The average molecular weight is 245 g/mol. The fraction of sp³-hybridized carbons (Fsp3) is 0.231. The summed E-state index contributed by atoms with van der Waals surface area (Å²) in [6.07, 6.45) is 3.36. The molecule has 0 saturated heterocycles. The predicted molar refractivity (Wildman–Crippen MR) is 63.6 cm³/mol. The van der Waals surface area contributed by atoms with Crippen molar-refractivity contribution in [3.8, 4) is 11.8 Å². The molecule has 0 saturated carbocycles. The van der Waals surface area contributed by atoms with Gasteiger partial charge in [-0.2, -0.15) is 5.26 Å². The molecule has 0 aliphatic carbocycles. The van der Waals surface area contributed by atoms with Crippen LogP contribution in [0.2, 0.25) is 0 Å². The summed E-state index contributed by atoms with van der Waals surface area (Å²) in [5.41, 5.74) is 0.560. The number of nitriles is 1. The molecular formula is C13H12FN3O. The third kappa shape index (κ3) is 2.05. The van der Waals surface area contributed by atoms with Gasteiger partial charge in [-0.05, 0) is 17.7 Å². The highest BCUT2D eigenvalue weighted by Gasteiger charge is 2.19. The zero-order chi connectivity index (χ0) is 13.1. The Hall–Kier alpha value is -2.35. The van der Waals surface area contributed by atoms with Gasteiger partial charge in [-0.3, -0.25) is 0 Å². The molecule has 18 heavy (non-hydrogen) atoms. The van der Waals surface area contributed by atoms with Gasteiger partial charge < -0.3 is 9.30 Å². The zero-order valence-electron chi connectivity index (χ0n) is 10.1. The lowest BCUT2D eigenvalue weighted by atomic mass is 9.99. The van der Waals surface area contributed by atoms with E-state index in [9.17, 15) is 9.65 Å². The van der Waals surface area contributed by atoms with Crippen LogP contribution >= 0.6 is 0 Å². The van der Waals surface area contributed by atoms with Crippen LogP contribution in [0, 0.1) is 17.1 Å². The highest BCUT2D eigenvalue weighted by atomic mass is 19.1. The molecule has 5 heteroatoms. The van der Waals surface area contributed by atoms with Crippen molar-refractivity contribution in [2.24, 2.45) is 7.05 Å². The van der Waals surface area contributed by atoms with Gasteiger partial charge in [-0.15, -0.1) is 0 Å². The Balaban J connectivity index is 2.44. The number of hydrogen-bond donors (Lipinski definition) is 0. The third-order valence-electron chi connectivity index (χ3n) is 2.75. The van der Waals surface area contributed by atoms with E-state index in [0.717, 1.165) is 0 Å². The fourth-order valence-electron chi connectivity index (χ4n) is 1.80. The van der Waals surface area contributed by atoms with Crippen molar-refractivity contribution in [2.45, 2.75) is 5.92 Å². The number of ether oxygens (including phenoxy) is 1. The number of rotatable bonds is 3. The van der Waals surface area contributed by atoms with Gasteiger partial charge in [0.1, 0.15) is 11.7 Å². The largest absolute Gasteiger partial charge is 0.494 e. The maximum atomic E-state index is 13.6. The van der Waals surface area contributed by atoms with Gasteiger partial charge in [0.15, 0.2) is 11.6 Å². The van der Waals surface area contributed by atoms with Crippen LogP contribution in [-0.4, -0.2) is 16.7 Å². The predicted octanol–water partition coefficient (Wildman–Crippen LogP) is 2.22. The molecule has 0 amide bonds. The van der Waals surface area contributed by atoms with Gasteiger partial charge in [0, 0.05) is 19.4 Å². The summed E-state index contributed by atoms with van der Waals surface area (Å²) in [7, 11) is 3.20. The molecule has 0 fully saturated rings. The van der Waals surface area contributed by atoms with Crippen molar-refractivity contribution in [3.05, 3.63) is 47.8 Å². The van der Waals surface area contributed by atoms with E-state index in [1.54, 1.807) is 30.1 Å². The van der Waals surface area contributed by atoms with Gasteiger partial charge in [0.25, 0.3) is 0 Å². The molecule has 0 radical (unpaired) electrons. The van der Waals surface area contributed by atoms with Crippen molar-refractivity contribution in [1.82, 2.24) is 9.55 Å². The van der Waals surface area contributed by atoms with Crippen molar-refractivity contribution >= 4 is 0 Å². The zero-order valence-corrected chi connectivity index (χ0v) is 10.1. The first-order chi connectivity index (χ1) is 8.67. The molecule has 1 atom stereocenters.